The maximum atomic E-state index is 13.2. The molecule has 9 heteroatoms. The van der Waals surface area contributed by atoms with Gasteiger partial charge in [0.05, 0.1) is 24.2 Å². The molecular weight excluding hydrogens is 642 g/mol. The average molecular weight is 664 g/mol. The van der Waals surface area contributed by atoms with Gasteiger partial charge < -0.3 is 9.47 Å². The van der Waals surface area contributed by atoms with Crippen LogP contribution in [0.4, 0.5) is 0 Å². The molecule has 4 rings (SSSR count). The molecule has 0 fully saturated rings. The monoisotopic (exact) mass is 661 g/mol. The molecule has 4 aromatic rings. The van der Waals surface area contributed by atoms with Crippen LogP contribution >= 0.6 is 47.8 Å². The summed E-state index contributed by atoms with van der Waals surface area (Å²) in [4.78, 5) is 17.9. The third kappa shape index (κ3) is 5.85. The molecular formula is C26H22Br3N3O3. The van der Waals surface area contributed by atoms with E-state index in [1.165, 1.54) is 4.68 Å². The number of benzene rings is 3. The summed E-state index contributed by atoms with van der Waals surface area (Å²) in [6, 6.07) is 16.9. The molecule has 35 heavy (non-hydrogen) atoms. The number of ether oxygens (including phenoxy) is 2. The number of hydrogen-bond donors (Lipinski definition) is 0. The van der Waals surface area contributed by atoms with Gasteiger partial charge in [0, 0.05) is 24.9 Å². The van der Waals surface area contributed by atoms with Crippen molar-refractivity contribution in [3.63, 3.8) is 0 Å². The lowest BCUT2D eigenvalue weighted by atomic mass is 10.2. The summed E-state index contributed by atoms with van der Waals surface area (Å²) >= 11 is 10.4. The highest BCUT2D eigenvalue weighted by molar-refractivity contribution is 9.11. The predicted octanol–water partition coefficient (Wildman–Crippen LogP) is 7.28. The third-order valence-corrected chi connectivity index (χ3v) is 6.98. The highest BCUT2D eigenvalue weighted by atomic mass is 79.9. The summed E-state index contributed by atoms with van der Waals surface area (Å²) < 4.78 is 15.7. The lowest BCUT2D eigenvalue weighted by Gasteiger charge is -2.13. The number of methoxy groups -OCH3 is 1. The van der Waals surface area contributed by atoms with Gasteiger partial charge in [0.1, 0.15) is 12.4 Å². The molecule has 0 atom stereocenters. The Bertz CT molecular complexity index is 1480. The standard InChI is InChI=1S/C26H22Br3N3O3/c1-15(2)25-31-22-8-7-18(27)11-20(22)26(33)32(25)30-13-16-4-9-23(24(10-16)34-3)35-14-17-5-6-19(28)12-21(17)29/h4-13,15H,14H2,1-3H3. The van der Waals surface area contributed by atoms with Crippen LogP contribution in [0.25, 0.3) is 10.9 Å². The largest absolute Gasteiger partial charge is 0.493 e. The van der Waals surface area contributed by atoms with Gasteiger partial charge in [-0.15, -0.1) is 0 Å². The Hall–Kier alpha value is -2.49. The molecule has 0 saturated heterocycles. The maximum Gasteiger partial charge on any atom is 0.282 e. The first-order chi connectivity index (χ1) is 16.8. The molecule has 1 heterocycles. The van der Waals surface area contributed by atoms with Crippen LogP contribution in [0, 0.1) is 0 Å². The number of aromatic nitrogens is 2. The number of fused-ring (bicyclic) bond motifs is 1. The quantitative estimate of drug-likeness (QED) is 0.195. The number of rotatable bonds is 7. The van der Waals surface area contributed by atoms with Crippen molar-refractivity contribution in [1.29, 1.82) is 0 Å². The third-order valence-electron chi connectivity index (χ3n) is 5.26. The highest BCUT2D eigenvalue weighted by Crippen LogP contribution is 2.30. The van der Waals surface area contributed by atoms with Crippen LogP contribution in [-0.4, -0.2) is 23.0 Å². The Kier molecular flexibility index (Phi) is 8.09. The van der Waals surface area contributed by atoms with Crippen molar-refractivity contribution in [2.75, 3.05) is 7.11 Å². The summed E-state index contributed by atoms with van der Waals surface area (Å²) in [6.45, 7) is 4.35. The first-order valence-corrected chi connectivity index (χ1v) is 13.2. The van der Waals surface area contributed by atoms with E-state index in [2.05, 4.69) is 57.9 Å². The van der Waals surface area contributed by atoms with E-state index in [4.69, 9.17) is 9.47 Å². The number of hydrogen-bond acceptors (Lipinski definition) is 5. The van der Waals surface area contributed by atoms with E-state index in [0.29, 0.717) is 34.8 Å². The zero-order chi connectivity index (χ0) is 25.1. The predicted molar refractivity (Wildman–Crippen MR) is 150 cm³/mol. The molecule has 0 spiro atoms. The Morgan fingerprint density at radius 3 is 2.46 bits per heavy atom. The Balaban J connectivity index is 1.63. The van der Waals surface area contributed by atoms with Crippen molar-refractivity contribution in [2.45, 2.75) is 26.4 Å². The molecule has 180 valence electrons. The number of halogens is 3. The van der Waals surface area contributed by atoms with Gasteiger partial charge in [-0.1, -0.05) is 67.7 Å². The first kappa shape index (κ1) is 25.6. The highest BCUT2D eigenvalue weighted by Gasteiger charge is 2.14. The Morgan fingerprint density at radius 1 is 1.00 bits per heavy atom. The Labute approximate surface area is 228 Å². The fraction of sp³-hybridized carbons (Fsp3) is 0.192. The van der Waals surface area contributed by atoms with Crippen LogP contribution in [0.3, 0.4) is 0 Å². The first-order valence-electron chi connectivity index (χ1n) is 10.8. The van der Waals surface area contributed by atoms with Gasteiger partial charge in [-0.3, -0.25) is 4.79 Å². The van der Waals surface area contributed by atoms with Crippen molar-refractivity contribution in [2.24, 2.45) is 5.10 Å². The molecule has 0 radical (unpaired) electrons. The molecule has 3 aromatic carbocycles. The lowest BCUT2D eigenvalue weighted by Crippen LogP contribution is -2.23. The van der Waals surface area contributed by atoms with Crippen LogP contribution in [0.2, 0.25) is 0 Å². The van der Waals surface area contributed by atoms with Gasteiger partial charge in [-0.25, -0.2) is 4.98 Å². The van der Waals surface area contributed by atoms with Crippen LogP contribution in [0.15, 0.2) is 77.9 Å². The second kappa shape index (κ2) is 11.1. The van der Waals surface area contributed by atoms with Gasteiger partial charge in [-0.2, -0.15) is 9.78 Å². The van der Waals surface area contributed by atoms with E-state index >= 15 is 0 Å². The zero-order valence-corrected chi connectivity index (χ0v) is 24.0. The van der Waals surface area contributed by atoms with Crippen molar-refractivity contribution >= 4 is 64.9 Å². The summed E-state index contributed by atoms with van der Waals surface area (Å²) in [7, 11) is 1.59. The van der Waals surface area contributed by atoms with Crippen molar-refractivity contribution in [3.05, 3.63) is 95.3 Å². The minimum absolute atomic E-state index is 0.0103. The van der Waals surface area contributed by atoms with Crippen LogP contribution in [-0.2, 0) is 6.61 Å². The van der Waals surface area contributed by atoms with Gasteiger partial charge in [0.15, 0.2) is 11.5 Å². The molecule has 0 amide bonds. The molecule has 0 bridgehead atoms. The molecule has 0 unspecified atom stereocenters. The van der Waals surface area contributed by atoms with Crippen LogP contribution < -0.4 is 15.0 Å². The minimum Gasteiger partial charge on any atom is -0.493 e. The van der Waals surface area contributed by atoms with Crippen LogP contribution in [0.5, 0.6) is 11.5 Å². The lowest BCUT2D eigenvalue weighted by molar-refractivity contribution is 0.284. The van der Waals surface area contributed by atoms with E-state index in [1.807, 2.05) is 62.4 Å². The molecule has 6 nitrogen and oxygen atoms in total. The zero-order valence-electron chi connectivity index (χ0n) is 19.3. The van der Waals surface area contributed by atoms with Crippen LogP contribution in [0.1, 0.15) is 36.7 Å². The molecule has 0 aliphatic heterocycles. The smallest absolute Gasteiger partial charge is 0.282 e. The van der Waals surface area contributed by atoms with E-state index in [9.17, 15) is 4.79 Å². The normalized spacial score (nSPS) is 11.5. The molecule has 0 aliphatic carbocycles. The Morgan fingerprint density at radius 2 is 1.74 bits per heavy atom. The summed E-state index contributed by atoms with van der Waals surface area (Å²) in [5, 5.41) is 4.99. The molecule has 0 aliphatic rings. The molecule has 0 saturated carbocycles. The van der Waals surface area contributed by atoms with Crippen molar-refractivity contribution in [3.8, 4) is 11.5 Å². The second-order valence-corrected chi connectivity index (χ2v) is 10.8. The summed E-state index contributed by atoms with van der Waals surface area (Å²) in [5.41, 5.74) is 2.20. The fourth-order valence-electron chi connectivity index (χ4n) is 3.45. The second-order valence-electron chi connectivity index (χ2n) is 8.08. The molecule has 0 N–H and O–H groups in total. The van der Waals surface area contributed by atoms with E-state index < -0.39 is 0 Å². The van der Waals surface area contributed by atoms with Crippen molar-refractivity contribution < 1.29 is 9.47 Å². The minimum atomic E-state index is -0.219. The van der Waals surface area contributed by atoms with E-state index in [1.54, 1.807) is 19.4 Å². The van der Waals surface area contributed by atoms with Gasteiger partial charge >= 0.3 is 0 Å². The SMILES string of the molecule is COc1cc(C=Nn2c(C(C)C)nc3ccc(Br)cc3c2=O)ccc1OCc1ccc(Br)cc1Br. The van der Waals surface area contributed by atoms with E-state index in [-0.39, 0.29) is 11.5 Å². The number of nitrogens with zero attached hydrogens (tertiary/aromatic N) is 3. The summed E-state index contributed by atoms with van der Waals surface area (Å²) in [5.74, 6) is 1.78. The fourth-order valence-corrected chi connectivity index (χ4v) is 4.98. The topological polar surface area (TPSA) is 65.7 Å². The maximum absolute atomic E-state index is 13.2. The van der Waals surface area contributed by atoms with Crippen molar-refractivity contribution in [1.82, 2.24) is 9.66 Å². The van der Waals surface area contributed by atoms with Gasteiger partial charge in [-0.05, 0) is 54.1 Å². The molecule has 1 aromatic heterocycles. The summed E-state index contributed by atoms with van der Waals surface area (Å²) in [6.07, 6.45) is 1.62. The van der Waals surface area contributed by atoms with E-state index in [0.717, 1.165) is 24.5 Å². The van der Waals surface area contributed by atoms with Gasteiger partial charge in [0.25, 0.3) is 5.56 Å². The van der Waals surface area contributed by atoms with Gasteiger partial charge in [0.2, 0.25) is 0 Å². The average Bonchev–Trinajstić information content (AvgIpc) is 2.83.